The SMILES string of the molecule is CC(C)O.O=C(c1ccc(O)cn1)N1CCC2(CCc3cc(F)ccc3O2)CC1. The molecular formula is C22H27FN2O4. The van der Waals surface area contributed by atoms with Crippen LogP contribution in [0.3, 0.4) is 0 Å². The van der Waals surface area contributed by atoms with Crippen LogP contribution in [0.5, 0.6) is 11.5 Å². The van der Waals surface area contributed by atoms with E-state index in [0.717, 1.165) is 37.0 Å². The van der Waals surface area contributed by atoms with E-state index in [1.54, 1.807) is 24.8 Å². The molecule has 0 unspecified atom stereocenters. The maximum atomic E-state index is 13.3. The summed E-state index contributed by atoms with van der Waals surface area (Å²) in [6.45, 7) is 4.63. The third-order valence-electron chi connectivity index (χ3n) is 5.13. The highest BCUT2D eigenvalue weighted by Gasteiger charge is 2.40. The largest absolute Gasteiger partial charge is 0.506 e. The molecule has 3 heterocycles. The average Bonchev–Trinajstić information content (AvgIpc) is 2.69. The molecule has 0 aliphatic carbocycles. The van der Waals surface area contributed by atoms with Crippen LogP contribution in [0.4, 0.5) is 4.39 Å². The van der Waals surface area contributed by atoms with Crippen molar-refractivity contribution in [3.05, 3.63) is 53.6 Å². The molecule has 6 nitrogen and oxygen atoms in total. The van der Waals surface area contributed by atoms with Crippen molar-refractivity contribution in [2.45, 2.75) is 51.2 Å². The molecule has 0 saturated carbocycles. The van der Waals surface area contributed by atoms with Crippen LogP contribution in [-0.2, 0) is 6.42 Å². The van der Waals surface area contributed by atoms with Gasteiger partial charge >= 0.3 is 0 Å². The van der Waals surface area contributed by atoms with Gasteiger partial charge in [0.15, 0.2) is 0 Å². The molecule has 1 aromatic heterocycles. The zero-order valence-corrected chi connectivity index (χ0v) is 16.8. The Bertz CT molecular complexity index is 844. The lowest BCUT2D eigenvalue weighted by atomic mass is 9.83. The minimum absolute atomic E-state index is 0.0415. The lowest BCUT2D eigenvalue weighted by molar-refractivity contribution is -0.0109. The lowest BCUT2D eigenvalue weighted by Gasteiger charge is -2.44. The van der Waals surface area contributed by atoms with Crippen molar-refractivity contribution in [2.75, 3.05) is 13.1 Å². The number of aromatic hydroxyl groups is 1. The van der Waals surface area contributed by atoms with Crippen molar-refractivity contribution in [3.63, 3.8) is 0 Å². The van der Waals surface area contributed by atoms with E-state index in [1.165, 1.54) is 30.5 Å². The number of rotatable bonds is 1. The van der Waals surface area contributed by atoms with Gasteiger partial charge in [-0.2, -0.15) is 0 Å². The summed E-state index contributed by atoms with van der Waals surface area (Å²) in [4.78, 5) is 18.3. The smallest absolute Gasteiger partial charge is 0.272 e. The zero-order valence-electron chi connectivity index (χ0n) is 16.8. The molecule has 1 aromatic carbocycles. The molecule has 0 bridgehead atoms. The highest BCUT2D eigenvalue weighted by Crippen LogP contribution is 2.39. The number of fused-ring (bicyclic) bond motifs is 1. The lowest BCUT2D eigenvalue weighted by Crippen LogP contribution is -2.51. The Morgan fingerprint density at radius 3 is 2.52 bits per heavy atom. The van der Waals surface area contributed by atoms with Crippen LogP contribution in [-0.4, -0.2) is 50.8 Å². The number of hydrogen-bond acceptors (Lipinski definition) is 5. The molecule has 1 fully saturated rings. The first-order valence-corrected chi connectivity index (χ1v) is 9.88. The highest BCUT2D eigenvalue weighted by atomic mass is 19.1. The van der Waals surface area contributed by atoms with Crippen LogP contribution in [0.25, 0.3) is 0 Å². The second kappa shape index (κ2) is 8.78. The van der Waals surface area contributed by atoms with E-state index >= 15 is 0 Å². The van der Waals surface area contributed by atoms with Crippen molar-refractivity contribution < 1.29 is 24.1 Å². The fourth-order valence-corrected chi connectivity index (χ4v) is 3.63. The monoisotopic (exact) mass is 402 g/mol. The number of likely N-dealkylation sites (tertiary alicyclic amines) is 1. The molecule has 4 rings (SSSR count). The number of nitrogens with zero attached hydrogens (tertiary/aromatic N) is 2. The fraction of sp³-hybridized carbons (Fsp3) is 0.455. The van der Waals surface area contributed by atoms with Crippen LogP contribution >= 0.6 is 0 Å². The number of carbonyl (C=O) groups excluding carboxylic acids is 1. The molecule has 1 spiro atoms. The Labute approximate surface area is 170 Å². The summed E-state index contributed by atoms with van der Waals surface area (Å²) in [6.07, 6.45) is 4.23. The summed E-state index contributed by atoms with van der Waals surface area (Å²) < 4.78 is 19.5. The first-order chi connectivity index (χ1) is 13.8. The number of aromatic nitrogens is 1. The molecule has 29 heavy (non-hydrogen) atoms. The van der Waals surface area contributed by atoms with E-state index in [4.69, 9.17) is 9.84 Å². The van der Waals surface area contributed by atoms with Crippen molar-refractivity contribution in [3.8, 4) is 11.5 Å². The first-order valence-electron chi connectivity index (χ1n) is 9.88. The van der Waals surface area contributed by atoms with E-state index in [1.807, 2.05) is 0 Å². The first kappa shape index (κ1) is 21.0. The third kappa shape index (κ3) is 5.23. The number of carbonyl (C=O) groups is 1. The Morgan fingerprint density at radius 2 is 1.90 bits per heavy atom. The summed E-state index contributed by atoms with van der Waals surface area (Å²) in [5.74, 6) is 0.431. The number of amides is 1. The van der Waals surface area contributed by atoms with E-state index in [9.17, 15) is 14.3 Å². The molecule has 2 N–H and O–H groups in total. The Morgan fingerprint density at radius 1 is 1.21 bits per heavy atom. The van der Waals surface area contributed by atoms with Gasteiger partial charge < -0.3 is 19.8 Å². The topological polar surface area (TPSA) is 82.9 Å². The predicted octanol–water partition coefficient (Wildman–Crippen LogP) is 3.31. The number of piperidine rings is 1. The quantitative estimate of drug-likeness (QED) is 0.765. The maximum Gasteiger partial charge on any atom is 0.272 e. The second-order valence-electron chi connectivity index (χ2n) is 7.82. The van der Waals surface area contributed by atoms with Gasteiger partial charge in [-0.25, -0.2) is 9.37 Å². The number of ether oxygens (including phenoxy) is 1. The molecule has 0 radical (unpaired) electrons. The molecule has 1 saturated heterocycles. The number of benzene rings is 1. The van der Waals surface area contributed by atoms with Crippen LogP contribution in [0.2, 0.25) is 0 Å². The van der Waals surface area contributed by atoms with Gasteiger partial charge in [-0.3, -0.25) is 4.79 Å². The van der Waals surface area contributed by atoms with Gasteiger partial charge in [0, 0.05) is 32.0 Å². The zero-order chi connectivity index (χ0) is 21.0. The van der Waals surface area contributed by atoms with Crippen molar-refractivity contribution in [1.29, 1.82) is 0 Å². The van der Waals surface area contributed by atoms with Crippen molar-refractivity contribution in [1.82, 2.24) is 9.88 Å². The summed E-state index contributed by atoms with van der Waals surface area (Å²) in [5.41, 5.74) is 0.973. The molecule has 2 aliphatic heterocycles. The van der Waals surface area contributed by atoms with Crippen LogP contribution in [0.15, 0.2) is 36.5 Å². The average molecular weight is 402 g/mol. The minimum atomic E-state index is -0.274. The molecule has 1 amide bonds. The van der Waals surface area contributed by atoms with E-state index in [2.05, 4.69) is 4.98 Å². The Kier molecular flexibility index (Phi) is 6.37. The van der Waals surface area contributed by atoms with Gasteiger partial charge in [0.05, 0.1) is 6.20 Å². The number of pyridine rings is 1. The fourth-order valence-electron chi connectivity index (χ4n) is 3.63. The number of aryl methyl sites for hydroxylation is 1. The number of aliphatic hydroxyl groups is 1. The summed E-state index contributed by atoms with van der Waals surface area (Å²) in [5, 5.41) is 17.3. The maximum absolute atomic E-state index is 13.3. The molecule has 2 aromatic rings. The summed E-state index contributed by atoms with van der Waals surface area (Å²) in [7, 11) is 0. The molecule has 0 atom stereocenters. The molecule has 7 heteroatoms. The van der Waals surface area contributed by atoms with E-state index < -0.39 is 0 Å². The number of aliphatic hydroxyl groups excluding tert-OH is 1. The van der Waals surface area contributed by atoms with Crippen LogP contribution in [0.1, 0.15) is 49.2 Å². The highest BCUT2D eigenvalue weighted by molar-refractivity contribution is 5.92. The van der Waals surface area contributed by atoms with Gasteiger partial charge in [0.1, 0.15) is 28.6 Å². The Balaban J connectivity index is 0.000000552. The number of hydrogen-bond donors (Lipinski definition) is 2. The molecule has 156 valence electrons. The van der Waals surface area contributed by atoms with Crippen molar-refractivity contribution >= 4 is 5.91 Å². The predicted molar refractivity (Wildman–Crippen MR) is 106 cm³/mol. The molecular weight excluding hydrogens is 375 g/mol. The van der Waals surface area contributed by atoms with Crippen LogP contribution in [0, 0.1) is 5.82 Å². The summed E-state index contributed by atoms with van der Waals surface area (Å²) in [6, 6.07) is 7.66. The van der Waals surface area contributed by atoms with E-state index in [-0.39, 0.29) is 29.2 Å². The van der Waals surface area contributed by atoms with Crippen LogP contribution < -0.4 is 4.74 Å². The van der Waals surface area contributed by atoms with Gasteiger partial charge in [-0.1, -0.05) is 0 Å². The number of halogens is 1. The second-order valence-corrected chi connectivity index (χ2v) is 7.82. The van der Waals surface area contributed by atoms with E-state index in [0.29, 0.717) is 18.8 Å². The minimum Gasteiger partial charge on any atom is -0.506 e. The van der Waals surface area contributed by atoms with Gasteiger partial charge in [0.25, 0.3) is 5.91 Å². The normalized spacial score (nSPS) is 17.2. The standard InChI is InChI=1S/C19H19FN2O3.C3H8O/c20-14-1-4-17-13(11-14)5-6-19(25-17)7-9-22(10-8-19)18(24)16-3-2-15(23)12-21-16;1-3(2)4/h1-4,11-12,23H,5-10H2;3-4H,1-2H3. The van der Waals surface area contributed by atoms with Gasteiger partial charge in [0.2, 0.25) is 0 Å². The summed E-state index contributed by atoms with van der Waals surface area (Å²) >= 11 is 0. The van der Waals surface area contributed by atoms with Gasteiger partial charge in [-0.15, -0.1) is 0 Å². The van der Waals surface area contributed by atoms with Gasteiger partial charge in [-0.05, 0) is 62.6 Å². The molecule has 2 aliphatic rings. The Hall–Kier alpha value is -2.67. The third-order valence-corrected chi connectivity index (χ3v) is 5.13. The van der Waals surface area contributed by atoms with Crippen molar-refractivity contribution in [2.24, 2.45) is 0 Å².